The molecule has 1 aromatic carbocycles. The van der Waals surface area contributed by atoms with Crippen LogP contribution >= 0.6 is 23.4 Å². The van der Waals surface area contributed by atoms with Gasteiger partial charge in [0.1, 0.15) is 11.6 Å². The van der Waals surface area contributed by atoms with E-state index in [9.17, 15) is 0 Å². The molecule has 2 N–H and O–H groups in total. The molecule has 2 aromatic rings. The standard InChI is InChI=1S/C10H10ClN3S/c1-5-13-8-4-6(15-2)3-7(11)9(8)10(12)14-5/h3-4H,1-2H3,(H2,12,13,14). The predicted octanol–water partition coefficient (Wildman–Crippen LogP) is 2.90. The summed E-state index contributed by atoms with van der Waals surface area (Å²) in [4.78, 5) is 9.48. The van der Waals surface area contributed by atoms with Gasteiger partial charge in [-0.1, -0.05) is 11.6 Å². The molecule has 0 fully saturated rings. The van der Waals surface area contributed by atoms with Crippen LogP contribution in [0.1, 0.15) is 5.82 Å². The van der Waals surface area contributed by atoms with Crippen molar-refractivity contribution < 1.29 is 0 Å². The van der Waals surface area contributed by atoms with Crippen LogP contribution in [0, 0.1) is 6.92 Å². The molecule has 0 aliphatic rings. The summed E-state index contributed by atoms with van der Waals surface area (Å²) < 4.78 is 0. The van der Waals surface area contributed by atoms with Crippen molar-refractivity contribution in [3.8, 4) is 0 Å². The van der Waals surface area contributed by atoms with E-state index in [4.69, 9.17) is 17.3 Å². The molecule has 78 valence electrons. The van der Waals surface area contributed by atoms with E-state index in [1.165, 1.54) is 0 Å². The van der Waals surface area contributed by atoms with Crippen molar-refractivity contribution in [1.29, 1.82) is 0 Å². The molecule has 0 amide bonds. The summed E-state index contributed by atoms with van der Waals surface area (Å²) in [5.41, 5.74) is 6.61. The van der Waals surface area contributed by atoms with Crippen molar-refractivity contribution in [1.82, 2.24) is 9.97 Å². The van der Waals surface area contributed by atoms with Crippen molar-refractivity contribution >= 4 is 40.1 Å². The Labute approximate surface area is 97.0 Å². The number of halogens is 1. The molecule has 5 heteroatoms. The van der Waals surface area contributed by atoms with Crippen LogP contribution < -0.4 is 5.73 Å². The van der Waals surface area contributed by atoms with Gasteiger partial charge in [-0.2, -0.15) is 0 Å². The van der Waals surface area contributed by atoms with Gasteiger partial charge in [0.15, 0.2) is 0 Å². The fourth-order valence-electron chi connectivity index (χ4n) is 1.46. The number of rotatable bonds is 1. The third-order valence-corrected chi connectivity index (χ3v) is 3.10. The van der Waals surface area contributed by atoms with E-state index < -0.39 is 0 Å². The maximum Gasteiger partial charge on any atom is 0.136 e. The summed E-state index contributed by atoms with van der Waals surface area (Å²) in [7, 11) is 0. The molecule has 15 heavy (non-hydrogen) atoms. The first-order valence-corrected chi connectivity index (χ1v) is 5.99. The first-order chi connectivity index (χ1) is 7.11. The van der Waals surface area contributed by atoms with E-state index in [-0.39, 0.29) is 0 Å². The number of nitrogens with two attached hydrogens (primary N) is 1. The summed E-state index contributed by atoms with van der Waals surface area (Å²) in [5, 5.41) is 1.34. The second-order valence-electron chi connectivity index (χ2n) is 3.16. The van der Waals surface area contributed by atoms with Gasteiger partial charge in [-0.3, -0.25) is 0 Å². The molecule has 0 aliphatic heterocycles. The molecule has 0 aliphatic carbocycles. The average molecular weight is 240 g/mol. The zero-order chi connectivity index (χ0) is 11.0. The Hall–Kier alpha value is -1.00. The van der Waals surface area contributed by atoms with Crippen LogP contribution in [0.4, 0.5) is 5.82 Å². The molecule has 2 rings (SSSR count). The number of thioether (sulfide) groups is 1. The minimum atomic E-state index is 0.440. The number of aryl methyl sites for hydroxylation is 1. The van der Waals surface area contributed by atoms with Gasteiger partial charge in [0.25, 0.3) is 0 Å². The smallest absolute Gasteiger partial charge is 0.136 e. The minimum Gasteiger partial charge on any atom is -0.383 e. The summed E-state index contributed by atoms with van der Waals surface area (Å²) >= 11 is 7.75. The van der Waals surface area contributed by atoms with Gasteiger partial charge in [0, 0.05) is 4.90 Å². The largest absolute Gasteiger partial charge is 0.383 e. The van der Waals surface area contributed by atoms with Crippen LogP contribution in [0.2, 0.25) is 5.02 Å². The number of nitrogens with zero attached hydrogens (tertiary/aromatic N) is 2. The van der Waals surface area contributed by atoms with Crippen molar-refractivity contribution in [2.24, 2.45) is 0 Å². The van der Waals surface area contributed by atoms with Crippen LogP contribution in [0.5, 0.6) is 0 Å². The average Bonchev–Trinajstić information content (AvgIpc) is 2.15. The van der Waals surface area contributed by atoms with Crippen LogP contribution in [0.3, 0.4) is 0 Å². The molecule has 0 spiro atoms. The predicted molar refractivity (Wildman–Crippen MR) is 65.5 cm³/mol. The normalized spacial score (nSPS) is 10.9. The Morgan fingerprint density at radius 2 is 2.07 bits per heavy atom. The molecular weight excluding hydrogens is 230 g/mol. The Bertz CT molecular complexity index is 528. The fourth-order valence-corrected chi connectivity index (χ4v) is 2.30. The van der Waals surface area contributed by atoms with E-state index in [0.29, 0.717) is 16.7 Å². The Morgan fingerprint density at radius 1 is 1.33 bits per heavy atom. The summed E-state index contributed by atoms with van der Waals surface area (Å²) in [6.45, 7) is 1.81. The van der Waals surface area contributed by atoms with Gasteiger partial charge in [0.05, 0.1) is 15.9 Å². The van der Waals surface area contributed by atoms with Gasteiger partial charge in [-0.15, -0.1) is 11.8 Å². The lowest BCUT2D eigenvalue weighted by atomic mass is 10.2. The fraction of sp³-hybridized carbons (Fsp3) is 0.200. The van der Waals surface area contributed by atoms with Gasteiger partial charge in [0.2, 0.25) is 0 Å². The highest BCUT2D eigenvalue weighted by atomic mass is 35.5. The number of hydrogen-bond acceptors (Lipinski definition) is 4. The number of anilines is 1. The molecule has 0 saturated heterocycles. The van der Waals surface area contributed by atoms with Crippen LogP contribution in [-0.4, -0.2) is 16.2 Å². The molecule has 0 atom stereocenters. The summed E-state index contributed by atoms with van der Waals surface area (Å²) in [5.74, 6) is 1.10. The van der Waals surface area contributed by atoms with E-state index in [1.807, 2.05) is 25.3 Å². The van der Waals surface area contributed by atoms with Crippen molar-refractivity contribution in [3.05, 3.63) is 23.0 Å². The van der Waals surface area contributed by atoms with Gasteiger partial charge < -0.3 is 5.73 Å². The highest BCUT2D eigenvalue weighted by Crippen LogP contribution is 2.31. The first kappa shape index (κ1) is 10.5. The zero-order valence-corrected chi connectivity index (χ0v) is 9.99. The van der Waals surface area contributed by atoms with E-state index in [2.05, 4.69) is 9.97 Å². The monoisotopic (exact) mass is 239 g/mol. The Morgan fingerprint density at radius 3 is 2.73 bits per heavy atom. The lowest BCUT2D eigenvalue weighted by Crippen LogP contribution is -1.97. The van der Waals surface area contributed by atoms with Crippen LogP contribution in [0.15, 0.2) is 17.0 Å². The van der Waals surface area contributed by atoms with E-state index >= 15 is 0 Å². The van der Waals surface area contributed by atoms with Crippen molar-refractivity contribution in [3.63, 3.8) is 0 Å². The second kappa shape index (κ2) is 3.87. The quantitative estimate of drug-likeness (QED) is 0.778. The highest BCUT2D eigenvalue weighted by Gasteiger charge is 2.08. The molecule has 3 nitrogen and oxygen atoms in total. The Kier molecular flexibility index (Phi) is 2.71. The Balaban J connectivity index is 2.85. The number of nitrogen functional groups attached to an aromatic ring is 1. The first-order valence-electron chi connectivity index (χ1n) is 4.39. The van der Waals surface area contributed by atoms with E-state index in [1.54, 1.807) is 11.8 Å². The third kappa shape index (κ3) is 1.87. The third-order valence-electron chi connectivity index (χ3n) is 2.10. The van der Waals surface area contributed by atoms with Gasteiger partial charge in [-0.25, -0.2) is 9.97 Å². The minimum absolute atomic E-state index is 0.440. The number of hydrogen-bond donors (Lipinski definition) is 1. The maximum atomic E-state index is 6.13. The molecule has 1 heterocycles. The summed E-state index contributed by atoms with van der Waals surface area (Å²) in [6.07, 6.45) is 1.99. The lowest BCUT2D eigenvalue weighted by Gasteiger charge is -2.06. The van der Waals surface area contributed by atoms with Crippen molar-refractivity contribution in [2.75, 3.05) is 12.0 Å². The number of aromatic nitrogens is 2. The molecule has 0 radical (unpaired) electrons. The molecular formula is C10H10ClN3S. The molecule has 1 aromatic heterocycles. The zero-order valence-electron chi connectivity index (χ0n) is 8.41. The number of benzene rings is 1. The second-order valence-corrected chi connectivity index (χ2v) is 4.45. The van der Waals surface area contributed by atoms with Gasteiger partial charge >= 0.3 is 0 Å². The molecule has 0 bridgehead atoms. The highest BCUT2D eigenvalue weighted by molar-refractivity contribution is 7.98. The van der Waals surface area contributed by atoms with Crippen LogP contribution in [0.25, 0.3) is 10.9 Å². The van der Waals surface area contributed by atoms with Gasteiger partial charge in [-0.05, 0) is 25.3 Å². The molecule has 0 saturated carbocycles. The maximum absolute atomic E-state index is 6.13. The van der Waals surface area contributed by atoms with Crippen molar-refractivity contribution in [2.45, 2.75) is 11.8 Å². The van der Waals surface area contributed by atoms with E-state index in [0.717, 1.165) is 15.8 Å². The lowest BCUT2D eigenvalue weighted by molar-refractivity contribution is 1.10. The SMILES string of the molecule is CSc1cc(Cl)c2c(N)nc(C)nc2c1. The molecule has 0 unspecified atom stereocenters. The topological polar surface area (TPSA) is 51.8 Å². The summed E-state index contributed by atoms with van der Waals surface area (Å²) in [6, 6.07) is 3.85. The van der Waals surface area contributed by atoms with Crippen LogP contribution in [-0.2, 0) is 0 Å². The number of fused-ring (bicyclic) bond motifs is 1.